The Kier molecular flexibility index (Phi) is 6.32. The van der Waals surface area contributed by atoms with Gasteiger partial charge in [0.05, 0.1) is 11.9 Å². The first-order valence-electron chi connectivity index (χ1n) is 10.4. The van der Waals surface area contributed by atoms with Crippen LogP contribution in [0, 0.1) is 5.82 Å². The maximum absolute atomic E-state index is 13.2. The molecule has 5 nitrogen and oxygen atoms in total. The van der Waals surface area contributed by atoms with E-state index in [1.165, 1.54) is 37.1 Å². The van der Waals surface area contributed by atoms with E-state index in [-0.39, 0.29) is 5.82 Å². The Morgan fingerprint density at radius 2 is 1.93 bits per heavy atom. The molecule has 1 atom stereocenters. The summed E-state index contributed by atoms with van der Waals surface area (Å²) in [4.78, 5) is 9.34. The lowest BCUT2D eigenvalue weighted by molar-refractivity contribution is 0.166. The molecule has 0 saturated carbocycles. The highest BCUT2D eigenvalue weighted by atomic mass is 19.1. The third-order valence-electron chi connectivity index (χ3n) is 5.64. The van der Waals surface area contributed by atoms with Crippen molar-refractivity contribution in [3.63, 3.8) is 0 Å². The third kappa shape index (κ3) is 5.08. The van der Waals surface area contributed by atoms with E-state index in [9.17, 15) is 4.39 Å². The molecule has 0 amide bonds. The Morgan fingerprint density at radius 3 is 2.69 bits per heavy atom. The maximum atomic E-state index is 13.2. The van der Waals surface area contributed by atoms with Gasteiger partial charge in [0.2, 0.25) is 0 Å². The second kappa shape index (κ2) is 9.29. The highest BCUT2D eigenvalue weighted by molar-refractivity contribution is 5.31. The van der Waals surface area contributed by atoms with Gasteiger partial charge in [0, 0.05) is 49.8 Å². The van der Waals surface area contributed by atoms with E-state index in [1.54, 1.807) is 12.1 Å². The molecule has 1 aliphatic rings. The van der Waals surface area contributed by atoms with Crippen LogP contribution in [0.15, 0.2) is 61.2 Å². The van der Waals surface area contributed by atoms with Crippen molar-refractivity contribution in [2.24, 2.45) is 0 Å². The molecule has 0 aliphatic carbocycles. The molecule has 3 heterocycles. The highest BCUT2D eigenvalue weighted by Crippen LogP contribution is 2.20. The van der Waals surface area contributed by atoms with Crippen molar-refractivity contribution in [3.8, 4) is 5.69 Å². The smallest absolute Gasteiger partial charge is 0.123 e. The van der Waals surface area contributed by atoms with Crippen LogP contribution in [0.4, 0.5) is 4.39 Å². The molecule has 1 saturated heterocycles. The predicted molar refractivity (Wildman–Crippen MR) is 112 cm³/mol. The van der Waals surface area contributed by atoms with Gasteiger partial charge in [-0.15, -0.1) is 0 Å². The molecule has 4 rings (SSSR count). The zero-order valence-electron chi connectivity index (χ0n) is 16.9. The fourth-order valence-electron chi connectivity index (χ4n) is 4.19. The van der Waals surface area contributed by atoms with Crippen LogP contribution in [0.25, 0.3) is 5.69 Å². The molecule has 1 fully saturated rings. The monoisotopic (exact) mass is 393 g/mol. The number of pyridine rings is 1. The van der Waals surface area contributed by atoms with Crippen LogP contribution in [0.1, 0.15) is 30.9 Å². The molecule has 0 radical (unpaired) electrons. The molecule has 2 aromatic heterocycles. The van der Waals surface area contributed by atoms with Crippen LogP contribution in [-0.2, 0) is 13.1 Å². The van der Waals surface area contributed by atoms with E-state index in [4.69, 9.17) is 0 Å². The van der Waals surface area contributed by atoms with Gasteiger partial charge in [-0.25, -0.2) is 9.07 Å². The average molecular weight is 394 g/mol. The van der Waals surface area contributed by atoms with Crippen LogP contribution in [0.5, 0.6) is 0 Å². The van der Waals surface area contributed by atoms with Gasteiger partial charge < -0.3 is 0 Å². The van der Waals surface area contributed by atoms with E-state index >= 15 is 0 Å². The second-order valence-electron chi connectivity index (χ2n) is 7.73. The molecule has 1 unspecified atom stereocenters. The van der Waals surface area contributed by atoms with Crippen molar-refractivity contribution >= 4 is 0 Å². The Balaban J connectivity index is 1.49. The lowest BCUT2D eigenvalue weighted by Gasteiger charge is -2.30. The van der Waals surface area contributed by atoms with Gasteiger partial charge in [-0.05, 0) is 61.8 Å². The number of halogens is 1. The van der Waals surface area contributed by atoms with Gasteiger partial charge in [0.25, 0.3) is 0 Å². The van der Waals surface area contributed by atoms with Gasteiger partial charge in [-0.2, -0.15) is 5.10 Å². The summed E-state index contributed by atoms with van der Waals surface area (Å²) in [5, 5.41) is 4.48. The summed E-state index contributed by atoms with van der Waals surface area (Å²) < 4.78 is 15.0. The molecule has 29 heavy (non-hydrogen) atoms. The van der Waals surface area contributed by atoms with Gasteiger partial charge in [0.15, 0.2) is 0 Å². The van der Waals surface area contributed by atoms with Crippen LogP contribution in [0.2, 0.25) is 0 Å². The first-order valence-corrected chi connectivity index (χ1v) is 10.4. The summed E-state index contributed by atoms with van der Waals surface area (Å²) >= 11 is 0. The van der Waals surface area contributed by atoms with Gasteiger partial charge in [-0.3, -0.25) is 14.8 Å². The molecule has 3 aromatic rings. The molecule has 0 bridgehead atoms. The number of likely N-dealkylation sites (tertiary alicyclic amines) is 1. The minimum atomic E-state index is -0.235. The number of hydrogen-bond acceptors (Lipinski definition) is 4. The number of likely N-dealkylation sites (N-methyl/N-ethyl adjacent to an activating group) is 1. The van der Waals surface area contributed by atoms with Crippen molar-refractivity contribution < 1.29 is 4.39 Å². The van der Waals surface area contributed by atoms with E-state index in [1.807, 2.05) is 35.5 Å². The Labute approximate surface area is 171 Å². The summed E-state index contributed by atoms with van der Waals surface area (Å²) in [7, 11) is 0. The SMILES string of the molecule is CCN1CCCC1CN(Cc1cccnc1)Cc1cnn(-c2ccc(F)cc2)c1. The van der Waals surface area contributed by atoms with E-state index in [2.05, 4.69) is 32.9 Å². The molecule has 1 aliphatic heterocycles. The number of hydrogen-bond donors (Lipinski definition) is 0. The lowest BCUT2D eigenvalue weighted by Crippen LogP contribution is -2.39. The normalized spacial score (nSPS) is 17.3. The molecular weight excluding hydrogens is 365 g/mol. The molecule has 152 valence electrons. The molecular formula is C23H28FN5. The van der Waals surface area contributed by atoms with E-state index in [0.717, 1.165) is 37.4 Å². The van der Waals surface area contributed by atoms with Crippen molar-refractivity contribution in [1.29, 1.82) is 0 Å². The fraction of sp³-hybridized carbons (Fsp3) is 0.391. The van der Waals surface area contributed by atoms with Crippen molar-refractivity contribution in [1.82, 2.24) is 24.6 Å². The quantitative estimate of drug-likeness (QED) is 0.582. The van der Waals surface area contributed by atoms with E-state index < -0.39 is 0 Å². The molecule has 0 N–H and O–H groups in total. The number of aromatic nitrogens is 3. The van der Waals surface area contributed by atoms with Crippen molar-refractivity contribution in [2.45, 2.75) is 38.9 Å². The zero-order chi connectivity index (χ0) is 20.1. The standard InChI is InChI=1S/C23H28FN5/c1-2-28-12-4-6-23(28)18-27(15-19-5-3-11-25-13-19)16-20-14-26-29(17-20)22-9-7-21(24)8-10-22/h3,5,7-11,13-14,17,23H,2,4,6,12,15-16,18H2,1H3. The minimum Gasteiger partial charge on any atom is -0.299 e. The summed E-state index contributed by atoms with van der Waals surface area (Å²) in [5.74, 6) is -0.235. The van der Waals surface area contributed by atoms with E-state index in [0.29, 0.717) is 6.04 Å². The maximum Gasteiger partial charge on any atom is 0.123 e. The second-order valence-corrected chi connectivity index (χ2v) is 7.73. The van der Waals surface area contributed by atoms with Crippen LogP contribution >= 0.6 is 0 Å². The lowest BCUT2D eigenvalue weighted by atomic mass is 10.1. The van der Waals surface area contributed by atoms with Crippen molar-refractivity contribution in [3.05, 3.63) is 78.1 Å². The third-order valence-corrected chi connectivity index (χ3v) is 5.64. The fourth-order valence-corrected chi connectivity index (χ4v) is 4.19. The number of benzene rings is 1. The predicted octanol–water partition coefficient (Wildman–Crippen LogP) is 3.89. The highest BCUT2D eigenvalue weighted by Gasteiger charge is 2.25. The summed E-state index contributed by atoms with van der Waals surface area (Å²) in [5.41, 5.74) is 3.24. The van der Waals surface area contributed by atoms with Gasteiger partial charge in [0.1, 0.15) is 5.82 Å². The van der Waals surface area contributed by atoms with Crippen LogP contribution in [-0.4, -0.2) is 50.2 Å². The topological polar surface area (TPSA) is 37.2 Å². The first-order chi connectivity index (χ1) is 14.2. The van der Waals surface area contributed by atoms with Gasteiger partial charge >= 0.3 is 0 Å². The summed E-state index contributed by atoms with van der Waals surface area (Å²) in [6, 6.07) is 11.1. The average Bonchev–Trinajstić information content (AvgIpc) is 3.38. The number of rotatable bonds is 8. The summed E-state index contributed by atoms with van der Waals surface area (Å²) in [6.45, 7) is 7.27. The van der Waals surface area contributed by atoms with Crippen LogP contribution < -0.4 is 0 Å². The largest absolute Gasteiger partial charge is 0.299 e. The number of nitrogens with zero attached hydrogens (tertiary/aromatic N) is 5. The Bertz CT molecular complexity index is 893. The Hall–Kier alpha value is -2.57. The minimum absolute atomic E-state index is 0.235. The van der Waals surface area contributed by atoms with Crippen LogP contribution in [0.3, 0.4) is 0 Å². The van der Waals surface area contributed by atoms with Crippen molar-refractivity contribution in [2.75, 3.05) is 19.6 Å². The zero-order valence-corrected chi connectivity index (χ0v) is 16.9. The van der Waals surface area contributed by atoms with Gasteiger partial charge in [-0.1, -0.05) is 13.0 Å². The first kappa shape index (κ1) is 19.7. The Morgan fingerprint density at radius 1 is 1.10 bits per heavy atom. The molecule has 6 heteroatoms. The summed E-state index contributed by atoms with van der Waals surface area (Å²) in [6.07, 6.45) is 10.2. The molecule has 0 spiro atoms. The molecule has 1 aromatic carbocycles.